The van der Waals surface area contributed by atoms with Crippen molar-refractivity contribution in [1.82, 2.24) is 9.78 Å². The first-order valence-electron chi connectivity index (χ1n) is 5.02. The number of carboxylic acid groups (broad SMARTS) is 1. The monoisotopic (exact) mass is 238 g/mol. The van der Waals surface area contributed by atoms with E-state index in [1.54, 1.807) is 6.20 Å². The van der Waals surface area contributed by atoms with Gasteiger partial charge in [0, 0.05) is 18.3 Å². The van der Waals surface area contributed by atoms with Crippen LogP contribution in [0.25, 0.3) is 6.20 Å². The predicted molar refractivity (Wildman–Crippen MR) is 60.2 cm³/mol. The average Bonchev–Trinajstić information content (AvgIpc) is 2.75. The van der Waals surface area contributed by atoms with E-state index in [-0.39, 0.29) is 12.8 Å². The molecule has 1 unspecified atom stereocenters. The maximum atomic E-state index is 11.2. The lowest BCUT2D eigenvalue weighted by molar-refractivity contribution is -0.141. The number of methoxy groups -OCH3 is 1. The molecule has 0 aromatic carbocycles. The largest absolute Gasteiger partial charge is 0.481 e. The zero-order valence-corrected chi connectivity index (χ0v) is 9.50. The quantitative estimate of drug-likeness (QED) is 0.750. The van der Waals surface area contributed by atoms with E-state index < -0.39 is 17.9 Å². The molecule has 1 N–H and O–H groups in total. The van der Waals surface area contributed by atoms with Crippen LogP contribution >= 0.6 is 0 Å². The summed E-state index contributed by atoms with van der Waals surface area (Å²) in [5.74, 6) is -1.85. The van der Waals surface area contributed by atoms with E-state index in [4.69, 9.17) is 5.11 Å². The molecule has 1 atom stereocenters. The highest BCUT2D eigenvalue weighted by molar-refractivity contribution is 5.73. The number of esters is 1. The van der Waals surface area contributed by atoms with Crippen LogP contribution in [0.1, 0.15) is 24.3 Å². The Labute approximate surface area is 98.5 Å². The number of hydrogen-bond acceptors (Lipinski definition) is 4. The first-order valence-corrected chi connectivity index (χ1v) is 5.02. The maximum Gasteiger partial charge on any atom is 0.306 e. The van der Waals surface area contributed by atoms with E-state index in [1.165, 1.54) is 24.2 Å². The summed E-state index contributed by atoms with van der Waals surface area (Å²) in [5, 5.41) is 12.7. The average molecular weight is 238 g/mol. The minimum Gasteiger partial charge on any atom is -0.481 e. The van der Waals surface area contributed by atoms with Gasteiger partial charge in [0.25, 0.3) is 0 Å². The lowest BCUT2D eigenvalue weighted by Gasteiger charge is -2.10. The standard InChI is InChI=1S/C11H14N2O4/c1-3-13-7-9(6-12-13)8(4-10(14)15)5-11(16)17-2/h3,6-8H,1,4-5H2,2H3,(H,14,15). The third-order valence-corrected chi connectivity index (χ3v) is 2.34. The molecular formula is C11H14N2O4. The molecule has 6 nitrogen and oxygen atoms in total. The van der Waals surface area contributed by atoms with Crippen LogP contribution in [0.2, 0.25) is 0 Å². The molecule has 17 heavy (non-hydrogen) atoms. The van der Waals surface area contributed by atoms with Crippen LogP contribution in [0.15, 0.2) is 19.0 Å². The topological polar surface area (TPSA) is 81.4 Å². The van der Waals surface area contributed by atoms with Crippen molar-refractivity contribution in [3.63, 3.8) is 0 Å². The zero-order chi connectivity index (χ0) is 12.8. The highest BCUT2D eigenvalue weighted by Crippen LogP contribution is 2.23. The first kappa shape index (κ1) is 13.0. The SMILES string of the molecule is C=Cn1cc(C(CC(=O)O)CC(=O)OC)cn1. The number of ether oxygens (including phenoxy) is 1. The molecule has 0 bridgehead atoms. The molecule has 1 aromatic rings. The van der Waals surface area contributed by atoms with Gasteiger partial charge in [-0.25, -0.2) is 4.68 Å². The fraction of sp³-hybridized carbons (Fsp3) is 0.364. The van der Waals surface area contributed by atoms with Gasteiger partial charge in [-0.3, -0.25) is 9.59 Å². The number of aromatic nitrogens is 2. The number of rotatable bonds is 6. The lowest BCUT2D eigenvalue weighted by Crippen LogP contribution is -2.12. The Balaban J connectivity index is 2.84. The van der Waals surface area contributed by atoms with Gasteiger partial charge in [0.05, 0.1) is 26.1 Å². The fourth-order valence-corrected chi connectivity index (χ4v) is 1.47. The van der Waals surface area contributed by atoms with E-state index >= 15 is 0 Å². The second-order valence-electron chi connectivity index (χ2n) is 3.51. The number of carbonyl (C=O) groups is 2. The van der Waals surface area contributed by atoms with Gasteiger partial charge < -0.3 is 9.84 Å². The number of hydrogen-bond donors (Lipinski definition) is 1. The van der Waals surface area contributed by atoms with Gasteiger partial charge in [-0.15, -0.1) is 0 Å². The summed E-state index contributed by atoms with van der Waals surface area (Å²) in [4.78, 5) is 21.9. The van der Waals surface area contributed by atoms with Crippen molar-refractivity contribution in [2.75, 3.05) is 7.11 Å². The van der Waals surface area contributed by atoms with Crippen molar-refractivity contribution >= 4 is 18.1 Å². The second kappa shape index (κ2) is 5.83. The molecule has 1 heterocycles. The van der Waals surface area contributed by atoms with Crippen molar-refractivity contribution in [2.45, 2.75) is 18.8 Å². The minimum absolute atomic E-state index is 0.0195. The van der Waals surface area contributed by atoms with Crippen LogP contribution in [-0.2, 0) is 14.3 Å². The Kier molecular flexibility index (Phi) is 4.45. The van der Waals surface area contributed by atoms with Crippen LogP contribution in [-0.4, -0.2) is 33.9 Å². The van der Waals surface area contributed by atoms with E-state index in [0.29, 0.717) is 5.56 Å². The Morgan fingerprint density at radius 1 is 1.65 bits per heavy atom. The number of carboxylic acids is 1. The highest BCUT2D eigenvalue weighted by Gasteiger charge is 2.21. The molecule has 0 aliphatic carbocycles. The summed E-state index contributed by atoms with van der Waals surface area (Å²) < 4.78 is 6.00. The summed E-state index contributed by atoms with van der Waals surface area (Å²) in [6.07, 6.45) is 4.53. The molecule has 0 saturated heterocycles. The summed E-state index contributed by atoms with van der Waals surface area (Å²) >= 11 is 0. The molecule has 0 spiro atoms. The van der Waals surface area contributed by atoms with Gasteiger partial charge in [-0.1, -0.05) is 6.58 Å². The fourth-order valence-electron chi connectivity index (χ4n) is 1.47. The Bertz CT molecular complexity index is 425. The van der Waals surface area contributed by atoms with Crippen molar-refractivity contribution in [2.24, 2.45) is 0 Å². The Morgan fingerprint density at radius 3 is 2.82 bits per heavy atom. The zero-order valence-electron chi connectivity index (χ0n) is 9.50. The minimum atomic E-state index is -0.967. The van der Waals surface area contributed by atoms with E-state index in [1.807, 2.05) is 0 Å². The van der Waals surface area contributed by atoms with Gasteiger partial charge in [0.15, 0.2) is 0 Å². The Hall–Kier alpha value is -2.11. The summed E-state index contributed by atoms with van der Waals surface area (Å²) in [6, 6.07) is 0. The predicted octanol–water partition coefficient (Wildman–Crippen LogP) is 1.10. The van der Waals surface area contributed by atoms with Crippen LogP contribution < -0.4 is 0 Å². The second-order valence-corrected chi connectivity index (χ2v) is 3.51. The number of carbonyl (C=O) groups excluding carboxylic acids is 1. The third kappa shape index (κ3) is 3.75. The summed E-state index contributed by atoms with van der Waals surface area (Å²) in [5.41, 5.74) is 0.678. The van der Waals surface area contributed by atoms with Crippen molar-refractivity contribution in [3.8, 4) is 0 Å². The molecule has 1 rings (SSSR count). The number of nitrogens with zero attached hydrogens (tertiary/aromatic N) is 2. The van der Waals surface area contributed by atoms with Crippen molar-refractivity contribution in [1.29, 1.82) is 0 Å². The van der Waals surface area contributed by atoms with E-state index in [2.05, 4.69) is 16.4 Å². The van der Waals surface area contributed by atoms with Crippen molar-refractivity contribution in [3.05, 3.63) is 24.5 Å². The third-order valence-electron chi connectivity index (χ3n) is 2.34. The normalized spacial score (nSPS) is 11.8. The molecular weight excluding hydrogens is 224 g/mol. The summed E-state index contributed by atoms with van der Waals surface area (Å²) in [6.45, 7) is 3.53. The molecule has 1 aromatic heterocycles. The highest BCUT2D eigenvalue weighted by atomic mass is 16.5. The van der Waals surface area contributed by atoms with Crippen molar-refractivity contribution < 1.29 is 19.4 Å². The van der Waals surface area contributed by atoms with Crippen LogP contribution in [0.5, 0.6) is 0 Å². The van der Waals surface area contributed by atoms with Gasteiger partial charge in [-0.2, -0.15) is 5.10 Å². The molecule has 0 saturated carbocycles. The van der Waals surface area contributed by atoms with Gasteiger partial charge >= 0.3 is 11.9 Å². The van der Waals surface area contributed by atoms with Crippen LogP contribution in [0, 0.1) is 0 Å². The summed E-state index contributed by atoms with van der Waals surface area (Å²) in [7, 11) is 1.27. The van der Waals surface area contributed by atoms with Crippen LogP contribution in [0.3, 0.4) is 0 Å². The molecule has 0 aliphatic heterocycles. The molecule has 0 amide bonds. The van der Waals surface area contributed by atoms with Gasteiger partial charge in [0.2, 0.25) is 0 Å². The molecule has 0 aliphatic rings. The van der Waals surface area contributed by atoms with Gasteiger partial charge in [-0.05, 0) is 5.56 Å². The first-order chi connectivity index (χ1) is 8.06. The van der Waals surface area contributed by atoms with Crippen LogP contribution in [0.4, 0.5) is 0 Å². The lowest BCUT2D eigenvalue weighted by atomic mass is 9.95. The molecule has 6 heteroatoms. The molecule has 0 fully saturated rings. The Morgan fingerprint density at radius 2 is 2.35 bits per heavy atom. The number of aliphatic carboxylic acids is 1. The van der Waals surface area contributed by atoms with E-state index in [9.17, 15) is 9.59 Å². The maximum absolute atomic E-state index is 11.2. The van der Waals surface area contributed by atoms with Gasteiger partial charge in [0.1, 0.15) is 0 Å². The smallest absolute Gasteiger partial charge is 0.306 e. The molecule has 0 radical (unpaired) electrons. The van der Waals surface area contributed by atoms with E-state index in [0.717, 1.165) is 0 Å². The molecule has 92 valence electrons.